The van der Waals surface area contributed by atoms with Gasteiger partial charge in [0, 0.05) is 30.9 Å². The Kier molecular flexibility index (Phi) is 7.53. The third-order valence-electron chi connectivity index (χ3n) is 7.50. The molecule has 0 radical (unpaired) electrons. The second-order valence-electron chi connectivity index (χ2n) is 9.92. The number of carbonyl (C=O) groups is 2. The minimum Gasteiger partial charge on any atom is -0.507 e. The normalized spacial score (nSPS) is 16.9. The van der Waals surface area contributed by atoms with E-state index >= 15 is 0 Å². The molecule has 1 aliphatic heterocycles. The Hall–Kier alpha value is -3.86. The van der Waals surface area contributed by atoms with Crippen LogP contribution in [0.25, 0.3) is 5.76 Å². The summed E-state index contributed by atoms with van der Waals surface area (Å²) in [5.41, 5.74) is 7.78. The van der Waals surface area contributed by atoms with Gasteiger partial charge in [-0.25, -0.2) is 0 Å². The van der Waals surface area contributed by atoms with Crippen LogP contribution in [0, 0.1) is 27.7 Å². The third-order valence-corrected chi connectivity index (χ3v) is 7.50. The summed E-state index contributed by atoms with van der Waals surface area (Å²) in [7, 11) is 0. The van der Waals surface area contributed by atoms with Crippen LogP contribution in [0.15, 0.2) is 66.2 Å². The molecule has 1 unspecified atom stereocenters. The summed E-state index contributed by atoms with van der Waals surface area (Å²) < 4.78 is 0. The van der Waals surface area contributed by atoms with Gasteiger partial charge >= 0.3 is 0 Å². The van der Waals surface area contributed by atoms with Crippen molar-refractivity contribution in [3.8, 4) is 0 Å². The van der Waals surface area contributed by atoms with Crippen LogP contribution in [0.1, 0.15) is 58.8 Å². The molecular weight excluding hydrogens is 460 g/mol. The number of Topliss-reactive ketones (excluding diaryl/α,β-unsaturated/α-hetero) is 1. The molecule has 0 spiro atoms. The van der Waals surface area contributed by atoms with Crippen LogP contribution < -0.4 is 4.90 Å². The van der Waals surface area contributed by atoms with E-state index in [1.54, 1.807) is 11.0 Å². The van der Waals surface area contributed by atoms with Crippen molar-refractivity contribution >= 4 is 23.1 Å². The molecule has 1 saturated heterocycles. The maximum Gasteiger partial charge on any atom is 0.295 e. The van der Waals surface area contributed by atoms with Gasteiger partial charge in [0.05, 0.1) is 11.6 Å². The Morgan fingerprint density at radius 3 is 2.11 bits per heavy atom. The Bertz CT molecular complexity index is 1370. The number of carbonyl (C=O) groups excluding carboxylic acids is 2. The first-order chi connectivity index (χ1) is 17.7. The third kappa shape index (κ3) is 5.04. The lowest BCUT2D eigenvalue weighted by Crippen LogP contribution is -2.29. The van der Waals surface area contributed by atoms with Crippen molar-refractivity contribution in [3.05, 3.63) is 105 Å². The first-order valence-corrected chi connectivity index (χ1v) is 12.9. The van der Waals surface area contributed by atoms with Crippen molar-refractivity contribution < 1.29 is 14.7 Å². The zero-order valence-electron chi connectivity index (χ0n) is 22.6. The number of rotatable bonds is 7. The van der Waals surface area contributed by atoms with E-state index in [1.165, 1.54) is 0 Å². The minimum atomic E-state index is -0.688. The molecular formula is C32H36N2O3. The summed E-state index contributed by atoms with van der Waals surface area (Å²) in [4.78, 5) is 30.7. The number of benzene rings is 3. The van der Waals surface area contributed by atoms with Crippen LogP contribution in [0.3, 0.4) is 0 Å². The molecule has 5 heteroatoms. The molecule has 1 aliphatic rings. The summed E-state index contributed by atoms with van der Waals surface area (Å²) in [6.45, 7) is 14.3. The topological polar surface area (TPSA) is 60.9 Å². The Morgan fingerprint density at radius 2 is 1.49 bits per heavy atom. The number of ketones is 1. The number of amides is 1. The van der Waals surface area contributed by atoms with Crippen molar-refractivity contribution in [2.45, 2.75) is 54.1 Å². The number of likely N-dealkylation sites (tertiary alicyclic amines) is 1. The van der Waals surface area contributed by atoms with Gasteiger partial charge in [-0.15, -0.1) is 0 Å². The van der Waals surface area contributed by atoms with Gasteiger partial charge in [-0.3, -0.25) is 9.59 Å². The molecule has 3 aromatic rings. The molecule has 0 aliphatic carbocycles. The first-order valence-electron chi connectivity index (χ1n) is 12.9. The van der Waals surface area contributed by atoms with E-state index < -0.39 is 17.7 Å². The maximum absolute atomic E-state index is 13.5. The highest BCUT2D eigenvalue weighted by atomic mass is 16.3. The van der Waals surface area contributed by atoms with Crippen molar-refractivity contribution in [1.29, 1.82) is 0 Å². The zero-order chi connectivity index (χ0) is 26.9. The van der Waals surface area contributed by atoms with E-state index in [-0.39, 0.29) is 17.9 Å². The Labute approximate surface area is 220 Å². The van der Waals surface area contributed by atoms with E-state index in [2.05, 4.69) is 24.8 Å². The fraction of sp³-hybridized carbons (Fsp3) is 0.312. The van der Waals surface area contributed by atoms with Crippen LogP contribution in [-0.4, -0.2) is 34.8 Å². The van der Waals surface area contributed by atoms with Gasteiger partial charge < -0.3 is 14.9 Å². The largest absolute Gasteiger partial charge is 0.507 e. The molecule has 0 bridgehead atoms. The number of aliphatic hydroxyl groups is 1. The van der Waals surface area contributed by atoms with Crippen molar-refractivity contribution in [2.75, 3.05) is 18.0 Å². The highest BCUT2D eigenvalue weighted by molar-refractivity contribution is 6.46. The molecule has 0 aromatic heterocycles. The van der Waals surface area contributed by atoms with Gasteiger partial charge in [0.15, 0.2) is 0 Å². The Balaban J connectivity index is 1.87. The van der Waals surface area contributed by atoms with Crippen LogP contribution in [-0.2, 0) is 16.1 Å². The van der Waals surface area contributed by atoms with Crippen LogP contribution in [0.2, 0.25) is 0 Å². The quantitative estimate of drug-likeness (QED) is 0.234. The molecule has 1 heterocycles. The SMILES string of the molecule is CCN(CC)c1ccc(C2/C(=C(/O)c3ccc(C)c(C)c3)C(=O)C(=O)N2Cc2cc(C)ccc2C)cc1. The maximum atomic E-state index is 13.5. The summed E-state index contributed by atoms with van der Waals surface area (Å²) in [6, 6.07) is 19.0. The molecule has 37 heavy (non-hydrogen) atoms. The van der Waals surface area contributed by atoms with E-state index in [4.69, 9.17) is 0 Å². The number of aryl methyl sites for hydroxylation is 4. The predicted molar refractivity (Wildman–Crippen MR) is 150 cm³/mol. The summed E-state index contributed by atoms with van der Waals surface area (Å²) >= 11 is 0. The van der Waals surface area contributed by atoms with E-state index in [9.17, 15) is 14.7 Å². The lowest BCUT2D eigenvalue weighted by Gasteiger charge is -2.27. The molecule has 3 aromatic carbocycles. The van der Waals surface area contributed by atoms with Crippen LogP contribution in [0.4, 0.5) is 5.69 Å². The predicted octanol–water partition coefficient (Wildman–Crippen LogP) is 6.39. The minimum absolute atomic E-state index is 0.133. The van der Waals surface area contributed by atoms with Gasteiger partial charge in [0.25, 0.3) is 11.7 Å². The summed E-state index contributed by atoms with van der Waals surface area (Å²) in [6.07, 6.45) is 0. The van der Waals surface area contributed by atoms with Gasteiger partial charge in [-0.2, -0.15) is 0 Å². The van der Waals surface area contributed by atoms with Crippen molar-refractivity contribution in [2.24, 2.45) is 0 Å². The number of aliphatic hydroxyl groups excluding tert-OH is 1. The molecule has 1 atom stereocenters. The van der Waals surface area contributed by atoms with Gasteiger partial charge in [0.2, 0.25) is 0 Å². The lowest BCUT2D eigenvalue weighted by atomic mass is 9.93. The smallest absolute Gasteiger partial charge is 0.295 e. The number of hydrogen-bond donors (Lipinski definition) is 1. The van der Waals surface area contributed by atoms with E-state index in [0.717, 1.165) is 52.2 Å². The molecule has 0 saturated carbocycles. The average molecular weight is 497 g/mol. The average Bonchev–Trinajstić information content (AvgIpc) is 3.13. The first kappa shape index (κ1) is 26.2. The van der Waals surface area contributed by atoms with E-state index in [0.29, 0.717) is 5.56 Å². The van der Waals surface area contributed by atoms with Crippen molar-refractivity contribution in [1.82, 2.24) is 4.90 Å². The van der Waals surface area contributed by atoms with Crippen LogP contribution >= 0.6 is 0 Å². The summed E-state index contributed by atoms with van der Waals surface area (Å²) in [5, 5.41) is 11.4. The standard InChI is InChI=1S/C32H36N2O3/c1-7-33(8-2)27-15-13-24(14-16-27)29-28(30(35)25-12-11-21(4)23(6)18-25)31(36)32(37)34(29)19-26-17-20(3)9-10-22(26)5/h9-18,29,35H,7-8,19H2,1-6H3/b30-28-. The zero-order valence-corrected chi connectivity index (χ0v) is 22.6. The molecule has 4 rings (SSSR count). The highest BCUT2D eigenvalue weighted by Crippen LogP contribution is 2.41. The molecule has 1 amide bonds. The fourth-order valence-electron chi connectivity index (χ4n) is 5.04. The second-order valence-corrected chi connectivity index (χ2v) is 9.92. The number of hydrogen-bond acceptors (Lipinski definition) is 4. The van der Waals surface area contributed by atoms with Crippen molar-refractivity contribution in [3.63, 3.8) is 0 Å². The number of anilines is 1. The molecule has 192 valence electrons. The van der Waals surface area contributed by atoms with Gasteiger partial charge in [-0.05, 0) is 87.6 Å². The van der Waals surface area contributed by atoms with E-state index in [1.807, 2.05) is 76.2 Å². The van der Waals surface area contributed by atoms with Crippen LogP contribution in [0.5, 0.6) is 0 Å². The number of nitrogens with zero attached hydrogens (tertiary/aromatic N) is 2. The molecule has 5 nitrogen and oxygen atoms in total. The Morgan fingerprint density at radius 1 is 0.838 bits per heavy atom. The highest BCUT2D eigenvalue weighted by Gasteiger charge is 2.46. The van der Waals surface area contributed by atoms with Gasteiger partial charge in [-0.1, -0.05) is 48.0 Å². The van der Waals surface area contributed by atoms with Gasteiger partial charge in [0.1, 0.15) is 5.76 Å². The molecule has 1 fully saturated rings. The summed E-state index contributed by atoms with van der Waals surface area (Å²) in [5.74, 6) is -1.38. The fourth-order valence-corrected chi connectivity index (χ4v) is 5.04. The lowest BCUT2D eigenvalue weighted by molar-refractivity contribution is -0.140. The second kappa shape index (κ2) is 10.6. The molecule has 1 N–H and O–H groups in total. The monoisotopic (exact) mass is 496 g/mol.